The first-order valence-corrected chi connectivity index (χ1v) is 13.0. The quantitative estimate of drug-likeness (QED) is 0.354. The number of rotatable bonds is 3. The summed E-state index contributed by atoms with van der Waals surface area (Å²) in [5, 5.41) is 5.33. The number of aromatic nitrogens is 1. The number of benzene rings is 2. The number of anilines is 2. The molecule has 2 aliphatic heterocycles. The van der Waals surface area contributed by atoms with Gasteiger partial charge in [-0.25, -0.2) is 0 Å². The van der Waals surface area contributed by atoms with Gasteiger partial charge in [-0.3, -0.25) is 9.59 Å². The van der Waals surface area contributed by atoms with E-state index < -0.39 is 0 Å². The topological polar surface area (TPSA) is 83.0 Å². The Kier molecular flexibility index (Phi) is 5.09. The van der Waals surface area contributed by atoms with Gasteiger partial charge in [-0.2, -0.15) is 0 Å². The van der Waals surface area contributed by atoms with E-state index >= 15 is 0 Å². The fourth-order valence-electron chi connectivity index (χ4n) is 6.13. The third kappa shape index (κ3) is 3.46. The minimum atomic E-state index is -0.101. The molecule has 37 heavy (non-hydrogen) atoms. The van der Waals surface area contributed by atoms with E-state index in [1.165, 1.54) is 12.7 Å². The highest BCUT2D eigenvalue weighted by Crippen LogP contribution is 2.47. The van der Waals surface area contributed by atoms with E-state index in [9.17, 15) is 9.59 Å². The number of piperazine rings is 1. The minimum Gasteiger partial charge on any atom is -0.459 e. The highest BCUT2D eigenvalue weighted by molar-refractivity contribution is 6.28. The number of hydrogen-bond donors (Lipinski definition) is 0. The van der Waals surface area contributed by atoms with E-state index in [4.69, 9.17) is 8.94 Å². The molecule has 1 amide bonds. The standard InChI is InChI=1S/C29H28N4O4/c1-18-6-4-10-33(17-18)22-16-21(31-11-13-32(14-12-31)29(35)23-9-5-15-36-23)24-25-26(22)30-37-28(25)20-8-3-2-7-19(20)27(24)34/h2-3,5,7-9,15-16,18H,4,6,10-14,17H2,1H3/t18-/m1/s1. The Bertz CT molecular complexity index is 1510. The lowest BCUT2D eigenvalue weighted by Crippen LogP contribution is -2.49. The maximum Gasteiger partial charge on any atom is 0.289 e. The van der Waals surface area contributed by atoms with Gasteiger partial charge in [-0.1, -0.05) is 36.3 Å². The molecule has 0 spiro atoms. The van der Waals surface area contributed by atoms with Gasteiger partial charge in [0, 0.05) is 50.4 Å². The number of amides is 1. The fraction of sp³-hybridized carbons (Fsp3) is 0.345. The van der Waals surface area contributed by atoms with Crippen molar-refractivity contribution in [1.82, 2.24) is 10.1 Å². The molecule has 0 radical (unpaired) electrons. The van der Waals surface area contributed by atoms with Crippen LogP contribution in [0.3, 0.4) is 0 Å². The van der Waals surface area contributed by atoms with Crippen LogP contribution in [0, 0.1) is 5.92 Å². The van der Waals surface area contributed by atoms with E-state index in [-0.39, 0.29) is 11.7 Å². The first kappa shape index (κ1) is 22.2. The van der Waals surface area contributed by atoms with E-state index in [0.29, 0.717) is 54.7 Å². The highest BCUT2D eigenvalue weighted by atomic mass is 16.5. The molecule has 188 valence electrons. The second kappa shape index (κ2) is 8.50. The molecule has 1 atom stereocenters. The molecule has 0 unspecified atom stereocenters. The van der Waals surface area contributed by atoms with Crippen molar-refractivity contribution in [2.45, 2.75) is 19.8 Å². The molecule has 0 N–H and O–H groups in total. The van der Waals surface area contributed by atoms with Crippen LogP contribution < -0.4 is 9.80 Å². The summed E-state index contributed by atoms with van der Waals surface area (Å²) in [4.78, 5) is 33.2. The second-order valence-corrected chi connectivity index (χ2v) is 10.3. The summed E-state index contributed by atoms with van der Waals surface area (Å²) in [5.74, 6) is 1.51. The van der Waals surface area contributed by atoms with E-state index in [0.717, 1.165) is 47.4 Å². The van der Waals surface area contributed by atoms with Crippen LogP contribution in [0.25, 0.3) is 22.2 Å². The van der Waals surface area contributed by atoms with Gasteiger partial charge < -0.3 is 23.6 Å². The normalized spacial score (nSPS) is 19.4. The maximum absolute atomic E-state index is 13.9. The minimum absolute atomic E-state index is 0.000969. The molecule has 3 aliphatic rings. The summed E-state index contributed by atoms with van der Waals surface area (Å²) < 4.78 is 11.3. The van der Waals surface area contributed by atoms with Gasteiger partial charge in [0.15, 0.2) is 17.3 Å². The van der Waals surface area contributed by atoms with Crippen molar-refractivity contribution >= 4 is 34.0 Å². The van der Waals surface area contributed by atoms with Crippen molar-refractivity contribution in [2.24, 2.45) is 5.92 Å². The molecule has 2 fully saturated rings. The molecule has 2 aromatic carbocycles. The number of ketones is 1. The van der Waals surface area contributed by atoms with Crippen molar-refractivity contribution < 1.29 is 18.5 Å². The SMILES string of the molecule is C[C@@H]1CCCN(c2cc(N3CCN(C(=O)c4ccco4)CC3)c3c4c(onc24)-c2ccccc2C3=O)C1. The molecule has 0 bridgehead atoms. The van der Waals surface area contributed by atoms with E-state index in [1.54, 1.807) is 12.1 Å². The Morgan fingerprint density at radius 1 is 0.973 bits per heavy atom. The Balaban J connectivity index is 1.33. The Hall–Kier alpha value is -4.07. The Morgan fingerprint density at radius 2 is 1.78 bits per heavy atom. The highest BCUT2D eigenvalue weighted by Gasteiger charge is 2.36. The number of piperidine rings is 1. The third-order valence-corrected chi connectivity index (χ3v) is 7.99. The molecule has 8 heteroatoms. The number of furan rings is 1. The molecular formula is C29H28N4O4. The summed E-state index contributed by atoms with van der Waals surface area (Å²) >= 11 is 0. The number of carbonyl (C=O) groups excluding carboxylic acids is 2. The van der Waals surface area contributed by atoms with Crippen LogP contribution in [-0.2, 0) is 0 Å². The molecule has 8 nitrogen and oxygen atoms in total. The molecular weight excluding hydrogens is 468 g/mol. The smallest absolute Gasteiger partial charge is 0.289 e. The van der Waals surface area contributed by atoms with Crippen LogP contribution in [0.15, 0.2) is 57.7 Å². The molecule has 1 aliphatic carbocycles. The van der Waals surface area contributed by atoms with Gasteiger partial charge in [0.2, 0.25) is 0 Å². The van der Waals surface area contributed by atoms with Crippen molar-refractivity contribution in [3.05, 3.63) is 65.6 Å². The lowest BCUT2D eigenvalue weighted by molar-refractivity contribution is 0.0714. The van der Waals surface area contributed by atoms with Crippen LogP contribution in [0.4, 0.5) is 11.4 Å². The van der Waals surface area contributed by atoms with Crippen LogP contribution in [-0.4, -0.2) is 61.0 Å². The summed E-state index contributed by atoms with van der Waals surface area (Å²) in [6, 6.07) is 13.2. The Labute approximate surface area is 214 Å². The Morgan fingerprint density at radius 3 is 2.54 bits per heavy atom. The monoisotopic (exact) mass is 496 g/mol. The molecule has 7 rings (SSSR count). The van der Waals surface area contributed by atoms with Crippen molar-refractivity contribution in [1.29, 1.82) is 0 Å². The number of hydrogen-bond acceptors (Lipinski definition) is 7. The van der Waals surface area contributed by atoms with Gasteiger partial charge in [-0.05, 0) is 37.0 Å². The van der Waals surface area contributed by atoms with Crippen LogP contribution >= 0.6 is 0 Å². The first-order chi connectivity index (χ1) is 18.1. The summed E-state index contributed by atoms with van der Waals surface area (Å²) in [7, 11) is 0. The average Bonchev–Trinajstić information content (AvgIpc) is 3.62. The van der Waals surface area contributed by atoms with Gasteiger partial charge in [0.1, 0.15) is 5.52 Å². The summed E-state index contributed by atoms with van der Waals surface area (Å²) in [6.45, 7) is 6.53. The lowest BCUT2D eigenvalue weighted by Gasteiger charge is -2.38. The van der Waals surface area contributed by atoms with E-state index in [2.05, 4.69) is 27.9 Å². The van der Waals surface area contributed by atoms with Crippen molar-refractivity contribution in [3.8, 4) is 11.3 Å². The van der Waals surface area contributed by atoms with Gasteiger partial charge in [0.05, 0.1) is 28.6 Å². The third-order valence-electron chi connectivity index (χ3n) is 7.99. The molecule has 2 aromatic heterocycles. The predicted molar refractivity (Wildman–Crippen MR) is 140 cm³/mol. The zero-order valence-corrected chi connectivity index (χ0v) is 20.8. The number of fused-ring (bicyclic) bond motifs is 2. The van der Waals surface area contributed by atoms with Crippen LogP contribution in [0.2, 0.25) is 0 Å². The first-order valence-electron chi connectivity index (χ1n) is 13.0. The zero-order chi connectivity index (χ0) is 25.1. The zero-order valence-electron chi connectivity index (χ0n) is 20.8. The molecule has 4 aromatic rings. The largest absolute Gasteiger partial charge is 0.459 e. The molecule has 4 heterocycles. The maximum atomic E-state index is 13.9. The average molecular weight is 497 g/mol. The van der Waals surface area contributed by atoms with Crippen molar-refractivity contribution in [2.75, 3.05) is 49.1 Å². The van der Waals surface area contributed by atoms with Gasteiger partial charge in [-0.15, -0.1) is 0 Å². The van der Waals surface area contributed by atoms with Gasteiger partial charge in [0.25, 0.3) is 5.91 Å². The van der Waals surface area contributed by atoms with Crippen LogP contribution in [0.5, 0.6) is 0 Å². The van der Waals surface area contributed by atoms with Crippen molar-refractivity contribution in [3.63, 3.8) is 0 Å². The number of nitrogens with zero attached hydrogens (tertiary/aromatic N) is 4. The van der Waals surface area contributed by atoms with E-state index in [1.807, 2.05) is 29.2 Å². The predicted octanol–water partition coefficient (Wildman–Crippen LogP) is 4.83. The lowest BCUT2D eigenvalue weighted by atomic mass is 9.85. The fourth-order valence-corrected chi connectivity index (χ4v) is 6.13. The molecule has 0 saturated carbocycles. The summed E-state index contributed by atoms with van der Waals surface area (Å²) in [6.07, 6.45) is 3.86. The van der Waals surface area contributed by atoms with Gasteiger partial charge >= 0.3 is 0 Å². The summed E-state index contributed by atoms with van der Waals surface area (Å²) in [5.41, 5.74) is 4.78. The van der Waals surface area contributed by atoms with Crippen LogP contribution in [0.1, 0.15) is 46.2 Å². The molecule has 2 saturated heterocycles. The second-order valence-electron chi connectivity index (χ2n) is 10.3. The number of carbonyl (C=O) groups is 2.